The number of hydrogen-bond acceptors (Lipinski definition) is 5. The first-order chi connectivity index (χ1) is 15.2. The second-order valence-electron chi connectivity index (χ2n) is 8.11. The Morgan fingerprint density at radius 2 is 1.62 bits per heavy atom. The first-order valence-corrected chi connectivity index (χ1v) is 10.6. The van der Waals surface area contributed by atoms with Crippen molar-refractivity contribution in [2.75, 3.05) is 13.2 Å². The Morgan fingerprint density at radius 3 is 2.16 bits per heavy atom. The molecule has 2 atom stereocenters. The van der Waals surface area contributed by atoms with Gasteiger partial charge in [-0.05, 0) is 35.6 Å². The maximum Gasteiger partial charge on any atom is 0.407 e. The summed E-state index contributed by atoms with van der Waals surface area (Å²) in [5.41, 5.74) is 2.30. The van der Waals surface area contributed by atoms with Gasteiger partial charge in [0.1, 0.15) is 12.6 Å². The number of carboxylic acid groups (broad SMARTS) is 1. The van der Waals surface area contributed by atoms with Crippen molar-refractivity contribution < 1.29 is 29.3 Å². The highest BCUT2D eigenvalue weighted by Gasteiger charge is 2.32. The van der Waals surface area contributed by atoms with Crippen LogP contribution in [0.1, 0.15) is 43.7 Å². The first kappa shape index (κ1) is 23.3. The van der Waals surface area contributed by atoms with Gasteiger partial charge in [-0.1, -0.05) is 61.9 Å². The molecule has 0 spiro atoms. The van der Waals surface area contributed by atoms with E-state index in [9.17, 15) is 19.5 Å². The highest BCUT2D eigenvalue weighted by Crippen LogP contribution is 2.44. The molecule has 1 aliphatic rings. The Morgan fingerprint density at radius 1 is 1.06 bits per heavy atom. The minimum Gasteiger partial charge on any atom is -0.479 e. The third kappa shape index (κ3) is 5.08. The molecule has 0 saturated carbocycles. The zero-order valence-corrected chi connectivity index (χ0v) is 18.1. The summed E-state index contributed by atoms with van der Waals surface area (Å²) < 4.78 is 5.48. The molecule has 8 nitrogen and oxygen atoms in total. The smallest absolute Gasteiger partial charge is 0.407 e. The lowest BCUT2D eigenvalue weighted by atomic mass is 9.98. The van der Waals surface area contributed by atoms with Gasteiger partial charge in [0, 0.05) is 5.92 Å². The van der Waals surface area contributed by atoms with Crippen LogP contribution in [-0.4, -0.2) is 53.0 Å². The molecule has 32 heavy (non-hydrogen) atoms. The van der Waals surface area contributed by atoms with Crippen molar-refractivity contribution in [3.63, 3.8) is 0 Å². The van der Waals surface area contributed by atoms with Gasteiger partial charge in [-0.2, -0.15) is 0 Å². The lowest BCUT2D eigenvalue weighted by Gasteiger charge is -2.22. The molecule has 0 bridgehead atoms. The zero-order valence-electron chi connectivity index (χ0n) is 18.1. The first-order valence-electron chi connectivity index (χ1n) is 10.6. The highest BCUT2D eigenvalue weighted by molar-refractivity contribution is 5.86. The van der Waals surface area contributed by atoms with Crippen LogP contribution in [0.25, 0.3) is 11.1 Å². The van der Waals surface area contributed by atoms with Gasteiger partial charge in [-0.25, -0.2) is 9.59 Å². The van der Waals surface area contributed by atoms with Gasteiger partial charge >= 0.3 is 12.1 Å². The van der Waals surface area contributed by atoms with E-state index in [1.165, 1.54) is 0 Å². The third-order valence-corrected chi connectivity index (χ3v) is 5.60. The number of alkyl carbamates (subject to hydrolysis) is 1. The van der Waals surface area contributed by atoms with Crippen molar-refractivity contribution in [2.45, 2.75) is 44.2 Å². The molecule has 1 unspecified atom stereocenters. The summed E-state index contributed by atoms with van der Waals surface area (Å²) in [6, 6.07) is 15.1. The molecule has 3 rings (SSSR count). The minimum atomic E-state index is -2.10. The number of amides is 2. The largest absolute Gasteiger partial charge is 0.479 e. The number of rotatable bonds is 9. The third-order valence-electron chi connectivity index (χ3n) is 5.60. The predicted octanol–water partition coefficient (Wildman–Crippen LogP) is 2.65. The number of carbonyl (C=O) groups excluding carboxylic acids is 2. The number of hydrogen-bond donors (Lipinski definition) is 4. The number of fused-ring (bicyclic) bond motifs is 3. The van der Waals surface area contributed by atoms with Crippen LogP contribution in [0.3, 0.4) is 0 Å². The van der Waals surface area contributed by atoms with E-state index in [0.717, 1.165) is 29.2 Å². The van der Waals surface area contributed by atoms with E-state index in [1.807, 2.05) is 55.5 Å². The van der Waals surface area contributed by atoms with Crippen LogP contribution in [0.5, 0.6) is 0 Å². The van der Waals surface area contributed by atoms with Crippen LogP contribution in [-0.2, 0) is 14.3 Å². The maximum atomic E-state index is 12.5. The van der Waals surface area contributed by atoms with Crippen molar-refractivity contribution >= 4 is 18.0 Å². The van der Waals surface area contributed by atoms with Crippen molar-refractivity contribution in [3.8, 4) is 11.1 Å². The van der Waals surface area contributed by atoms with Crippen molar-refractivity contribution in [1.29, 1.82) is 0 Å². The Bertz CT molecular complexity index is 958. The molecule has 2 aromatic carbocycles. The molecule has 0 radical (unpaired) electrons. The van der Waals surface area contributed by atoms with Gasteiger partial charge in [-0.15, -0.1) is 0 Å². The number of carbonyl (C=O) groups is 3. The summed E-state index contributed by atoms with van der Waals surface area (Å²) in [4.78, 5) is 35.9. The second-order valence-corrected chi connectivity index (χ2v) is 8.11. The van der Waals surface area contributed by atoms with Crippen LogP contribution in [0, 0.1) is 0 Å². The van der Waals surface area contributed by atoms with Crippen molar-refractivity contribution in [2.24, 2.45) is 0 Å². The lowest BCUT2D eigenvalue weighted by Crippen LogP contribution is -2.52. The summed E-state index contributed by atoms with van der Waals surface area (Å²) in [6.45, 7) is 2.58. The van der Waals surface area contributed by atoms with Crippen LogP contribution >= 0.6 is 0 Å². The SMILES string of the molecule is CCC[C@H](NC(=O)OCC1c2ccccc2-c2ccccc21)C(=O)NCC(C)(O)C(=O)O. The van der Waals surface area contributed by atoms with Crippen LogP contribution in [0.2, 0.25) is 0 Å². The predicted molar refractivity (Wildman–Crippen MR) is 118 cm³/mol. The second kappa shape index (κ2) is 9.82. The molecule has 4 N–H and O–H groups in total. The number of aliphatic carboxylic acids is 1. The molecule has 2 amide bonds. The van der Waals surface area contributed by atoms with Gasteiger partial charge in [0.25, 0.3) is 0 Å². The Labute approximate surface area is 186 Å². The minimum absolute atomic E-state index is 0.0998. The highest BCUT2D eigenvalue weighted by atomic mass is 16.5. The molecular formula is C24H28N2O6. The fourth-order valence-electron chi connectivity index (χ4n) is 3.80. The molecule has 8 heteroatoms. The van der Waals surface area contributed by atoms with Gasteiger partial charge in [0.15, 0.2) is 5.60 Å². The molecule has 0 aromatic heterocycles. The zero-order chi connectivity index (χ0) is 23.3. The van der Waals surface area contributed by atoms with Gasteiger partial charge in [-0.3, -0.25) is 4.79 Å². The Kier molecular flexibility index (Phi) is 7.15. The van der Waals surface area contributed by atoms with E-state index >= 15 is 0 Å². The molecule has 0 heterocycles. The summed E-state index contributed by atoms with van der Waals surface area (Å²) in [6.07, 6.45) is 0.216. The number of carboxylic acids is 1. The van der Waals surface area contributed by atoms with E-state index in [0.29, 0.717) is 12.8 Å². The van der Waals surface area contributed by atoms with Gasteiger partial charge in [0.2, 0.25) is 5.91 Å². The van der Waals surface area contributed by atoms with Crippen LogP contribution in [0.4, 0.5) is 4.79 Å². The lowest BCUT2D eigenvalue weighted by molar-refractivity contribution is -0.156. The number of aliphatic hydroxyl groups is 1. The molecule has 0 fully saturated rings. The van der Waals surface area contributed by atoms with E-state index in [2.05, 4.69) is 10.6 Å². The number of ether oxygens (including phenoxy) is 1. The fourth-order valence-corrected chi connectivity index (χ4v) is 3.80. The van der Waals surface area contributed by atoms with E-state index in [4.69, 9.17) is 9.84 Å². The molecule has 170 valence electrons. The summed E-state index contributed by atoms with van der Waals surface area (Å²) >= 11 is 0. The average molecular weight is 440 g/mol. The maximum absolute atomic E-state index is 12.5. The van der Waals surface area contributed by atoms with Crippen molar-refractivity contribution in [1.82, 2.24) is 10.6 Å². The Hall–Kier alpha value is -3.39. The van der Waals surface area contributed by atoms with E-state index in [1.54, 1.807) is 0 Å². The van der Waals surface area contributed by atoms with Crippen LogP contribution < -0.4 is 10.6 Å². The van der Waals surface area contributed by atoms with E-state index in [-0.39, 0.29) is 12.5 Å². The Balaban J connectivity index is 1.61. The summed E-state index contributed by atoms with van der Waals surface area (Å²) in [5.74, 6) is -2.13. The number of nitrogens with one attached hydrogen (secondary N) is 2. The monoisotopic (exact) mass is 440 g/mol. The number of benzene rings is 2. The van der Waals surface area contributed by atoms with Gasteiger partial charge < -0.3 is 25.6 Å². The molecule has 0 saturated heterocycles. The topological polar surface area (TPSA) is 125 Å². The van der Waals surface area contributed by atoms with E-state index < -0.39 is 36.2 Å². The normalized spacial score (nSPS) is 15.1. The van der Waals surface area contributed by atoms with Crippen molar-refractivity contribution in [3.05, 3.63) is 59.7 Å². The molecular weight excluding hydrogens is 412 g/mol. The van der Waals surface area contributed by atoms with Gasteiger partial charge in [0.05, 0.1) is 6.54 Å². The standard InChI is InChI=1S/C24H28N2O6/c1-3-8-20(21(27)25-14-24(2,31)22(28)29)26-23(30)32-13-19-17-11-6-4-9-15(17)16-10-5-7-12-18(16)19/h4-7,9-12,19-20,31H,3,8,13-14H2,1-2H3,(H,25,27)(H,26,30)(H,28,29)/t20-,24?/m0/s1. The quantitative estimate of drug-likeness (QED) is 0.475. The van der Waals surface area contributed by atoms with Crippen LogP contribution in [0.15, 0.2) is 48.5 Å². The molecule has 2 aromatic rings. The summed E-state index contributed by atoms with van der Waals surface area (Å²) in [7, 11) is 0. The summed E-state index contributed by atoms with van der Waals surface area (Å²) in [5, 5.41) is 23.7. The average Bonchev–Trinajstić information content (AvgIpc) is 3.09. The molecule has 0 aliphatic heterocycles. The fraction of sp³-hybridized carbons (Fsp3) is 0.375. The molecule has 1 aliphatic carbocycles.